The van der Waals surface area contributed by atoms with Crippen molar-refractivity contribution in [2.24, 2.45) is 5.73 Å². The zero-order valence-electron chi connectivity index (χ0n) is 22.7. The summed E-state index contributed by atoms with van der Waals surface area (Å²) in [5.74, 6) is -1.64. The van der Waals surface area contributed by atoms with Crippen molar-refractivity contribution in [1.82, 2.24) is 19.7 Å². The number of fused-ring (bicyclic) bond motifs is 1. The van der Waals surface area contributed by atoms with Crippen LogP contribution >= 0.6 is 0 Å². The highest BCUT2D eigenvalue weighted by Crippen LogP contribution is 2.38. The van der Waals surface area contributed by atoms with Crippen LogP contribution in [0, 0.1) is 11.6 Å². The second kappa shape index (κ2) is 11.7. The third kappa shape index (κ3) is 5.43. The third-order valence-electron chi connectivity index (χ3n) is 7.19. The van der Waals surface area contributed by atoms with Gasteiger partial charge in [-0.15, -0.1) is 0 Å². The molecule has 1 aliphatic rings. The smallest absolute Gasteiger partial charge is 0.185 e. The number of ketones is 1. The van der Waals surface area contributed by atoms with E-state index < -0.39 is 17.4 Å². The second-order valence-corrected chi connectivity index (χ2v) is 9.92. The number of rotatable bonds is 10. The van der Waals surface area contributed by atoms with Crippen molar-refractivity contribution in [1.29, 1.82) is 0 Å². The molecule has 4 aromatic rings. The lowest BCUT2D eigenvalue weighted by molar-refractivity contribution is 0.0988. The Morgan fingerprint density at radius 3 is 2.76 bits per heavy atom. The highest BCUT2D eigenvalue weighted by molar-refractivity contribution is 6.01. The van der Waals surface area contributed by atoms with Gasteiger partial charge in [-0.3, -0.25) is 9.48 Å². The zero-order chi connectivity index (χ0) is 29.3. The molecule has 5 N–H and O–H groups in total. The van der Waals surface area contributed by atoms with Gasteiger partial charge in [0.2, 0.25) is 0 Å². The Bertz CT molecular complexity index is 1600. The van der Waals surface area contributed by atoms with Gasteiger partial charge in [-0.25, -0.2) is 18.7 Å². The van der Waals surface area contributed by atoms with E-state index in [1.165, 1.54) is 36.2 Å². The van der Waals surface area contributed by atoms with Gasteiger partial charge in [0.15, 0.2) is 11.6 Å². The lowest BCUT2D eigenvalue weighted by Gasteiger charge is -2.28. The Morgan fingerprint density at radius 1 is 1.22 bits per heavy atom. The van der Waals surface area contributed by atoms with Crippen molar-refractivity contribution in [3.8, 4) is 17.1 Å². The molecule has 0 radical (unpaired) electrons. The van der Waals surface area contributed by atoms with Crippen LogP contribution in [0.25, 0.3) is 22.3 Å². The number of nitrogens with zero attached hydrogens (tertiary/aromatic N) is 5. The summed E-state index contributed by atoms with van der Waals surface area (Å²) in [7, 11) is 2.91. The van der Waals surface area contributed by atoms with E-state index in [0.717, 1.165) is 6.07 Å². The molecule has 0 saturated carbocycles. The van der Waals surface area contributed by atoms with Gasteiger partial charge >= 0.3 is 0 Å². The van der Waals surface area contributed by atoms with Gasteiger partial charge < -0.3 is 30.9 Å². The van der Waals surface area contributed by atoms with Crippen LogP contribution in [0.5, 0.6) is 5.75 Å². The third-order valence-corrected chi connectivity index (χ3v) is 7.19. The van der Waals surface area contributed by atoms with E-state index in [1.54, 1.807) is 13.3 Å². The predicted molar refractivity (Wildman–Crippen MR) is 149 cm³/mol. The highest BCUT2D eigenvalue weighted by Gasteiger charge is 2.34. The van der Waals surface area contributed by atoms with Crippen molar-refractivity contribution in [3.63, 3.8) is 0 Å². The number of carbonyl (C=O) groups is 1. The van der Waals surface area contributed by atoms with Crippen molar-refractivity contribution < 1.29 is 28.2 Å². The summed E-state index contributed by atoms with van der Waals surface area (Å²) in [5.41, 5.74) is 13.3. The summed E-state index contributed by atoms with van der Waals surface area (Å²) in [6.07, 6.45) is 3.20. The van der Waals surface area contributed by atoms with E-state index in [9.17, 15) is 14.3 Å². The first-order valence-corrected chi connectivity index (χ1v) is 13.0. The number of Topliss-reactive ketones (excluding diaryl/α,β-unsaturated/α-hetero) is 1. The number of aliphatic hydroxyl groups excluding tert-OH is 1. The normalized spacial score (nSPS) is 17.0. The number of aromatic nitrogens is 4. The first-order chi connectivity index (χ1) is 19.7. The minimum Gasteiger partial charge on any atom is -0.496 e. The van der Waals surface area contributed by atoms with Crippen LogP contribution in [-0.2, 0) is 17.7 Å². The molecule has 2 aromatic heterocycles. The molecule has 13 heteroatoms. The fraction of sp³-hybridized carbons (Fsp3) is 0.357. The quantitative estimate of drug-likeness (QED) is 0.192. The molecule has 1 fully saturated rings. The van der Waals surface area contributed by atoms with Gasteiger partial charge in [0.25, 0.3) is 0 Å². The Kier molecular flexibility index (Phi) is 8.10. The first kappa shape index (κ1) is 28.3. The van der Waals surface area contributed by atoms with Gasteiger partial charge in [0.1, 0.15) is 28.6 Å². The number of ether oxygens (including phenoxy) is 2. The minimum absolute atomic E-state index is 0.00681. The highest BCUT2D eigenvalue weighted by atomic mass is 19.1. The number of nitrogens with two attached hydrogens (primary N) is 2. The van der Waals surface area contributed by atoms with Crippen LogP contribution in [0.1, 0.15) is 22.5 Å². The van der Waals surface area contributed by atoms with Crippen molar-refractivity contribution in [3.05, 3.63) is 59.6 Å². The molecule has 216 valence electrons. The van der Waals surface area contributed by atoms with Crippen molar-refractivity contribution in [2.45, 2.75) is 31.5 Å². The number of benzene rings is 2. The monoisotopic (exact) mass is 567 g/mol. The summed E-state index contributed by atoms with van der Waals surface area (Å²) < 4.78 is 42.4. The number of hydrogen-bond donors (Lipinski definition) is 3. The molecule has 0 spiro atoms. The SMILES string of the molecule is COCCn1ncc2c(N3C[C@@H](N)C[C@H]3CO)c(CC(=O)c3ccnc(-c4c(F)cc(N)cc4OC)n3)cc(F)c21. The van der Waals surface area contributed by atoms with Gasteiger partial charge in [0.05, 0.1) is 50.4 Å². The number of carbonyl (C=O) groups excluding carboxylic acids is 1. The fourth-order valence-corrected chi connectivity index (χ4v) is 5.37. The zero-order valence-corrected chi connectivity index (χ0v) is 22.7. The summed E-state index contributed by atoms with van der Waals surface area (Å²) in [6, 6.07) is 4.74. The van der Waals surface area contributed by atoms with Gasteiger partial charge in [-0.1, -0.05) is 0 Å². The molecule has 2 atom stereocenters. The summed E-state index contributed by atoms with van der Waals surface area (Å²) >= 11 is 0. The molecule has 3 heterocycles. The Labute approximate surface area is 234 Å². The molecule has 1 aliphatic heterocycles. The Balaban J connectivity index is 1.57. The van der Waals surface area contributed by atoms with E-state index in [-0.39, 0.29) is 59.1 Å². The van der Waals surface area contributed by atoms with Crippen LogP contribution < -0.4 is 21.1 Å². The van der Waals surface area contributed by atoms with Crippen molar-refractivity contribution >= 4 is 28.1 Å². The van der Waals surface area contributed by atoms with E-state index in [1.807, 2.05) is 4.90 Å². The molecule has 41 heavy (non-hydrogen) atoms. The fourth-order valence-electron chi connectivity index (χ4n) is 5.37. The molecule has 1 saturated heterocycles. The van der Waals surface area contributed by atoms with Crippen LogP contribution in [-0.4, -0.2) is 76.7 Å². The molecule has 0 bridgehead atoms. The predicted octanol–water partition coefficient (Wildman–Crippen LogP) is 2.33. The van der Waals surface area contributed by atoms with Gasteiger partial charge in [0, 0.05) is 49.5 Å². The number of halogens is 2. The molecule has 0 amide bonds. The van der Waals surface area contributed by atoms with Crippen LogP contribution in [0.2, 0.25) is 0 Å². The van der Waals surface area contributed by atoms with Crippen molar-refractivity contribution in [2.75, 3.05) is 44.6 Å². The first-order valence-electron chi connectivity index (χ1n) is 13.0. The summed E-state index contributed by atoms with van der Waals surface area (Å²) in [4.78, 5) is 23.9. The summed E-state index contributed by atoms with van der Waals surface area (Å²) in [5, 5.41) is 15.0. The van der Waals surface area contributed by atoms with Crippen LogP contribution in [0.15, 0.2) is 36.7 Å². The largest absolute Gasteiger partial charge is 0.496 e. The maximum Gasteiger partial charge on any atom is 0.185 e. The van der Waals surface area contributed by atoms with E-state index in [2.05, 4.69) is 15.1 Å². The molecule has 11 nitrogen and oxygen atoms in total. The van der Waals surface area contributed by atoms with E-state index in [0.29, 0.717) is 42.8 Å². The average molecular weight is 568 g/mol. The van der Waals surface area contributed by atoms with Gasteiger partial charge in [-0.05, 0) is 30.2 Å². The molecular formula is C28H31F2N7O4. The lowest BCUT2D eigenvalue weighted by atomic mass is 10.00. The number of nitrogen functional groups attached to an aromatic ring is 1. The molecular weight excluding hydrogens is 536 g/mol. The maximum absolute atomic E-state index is 15.6. The second-order valence-electron chi connectivity index (χ2n) is 9.92. The minimum atomic E-state index is -0.702. The molecule has 0 aliphatic carbocycles. The summed E-state index contributed by atoms with van der Waals surface area (Å²) in [6.45, 7) is 0.897. The Hall–Kier alpha value is -4.20. The van der Waals surface area contributed by atoms with Gasteiger partial charge in [-0.2, -0.15) is 5.10 Å². The maximum atomic E-state index is 15.6. The number of aliphatic hydroxyl groups is 1. The lowest BCUT2D eigenvalue weighted by Crippen LogP contribution is -2.34. The van der Waals surface area contributed by atoms with E-state index in [4.69, 9.17) is 20.9 Å². The van der Waals surface area contributed by atoms with E-state index >= 15 is 4.39 Å². The topological polar surface area (TPSA) is 155 Å². The molecule has 2 aromatic carbocycles. The Morgan fingerprint density at radius 2 is 2.02 bits per heavy atom. The standard InChI is InChI=1S/C28H31F2N7O4/c1-40-6-5-37-27-19(12-34-37)26(36-13-17(32)9-18(36)14-38)15(7-21(27)30)8-23(39)22-3-4-33-28(35-22)25-20(29)10-16(31)11-24(25)41-2/h3-4,7,10-12,17-18,38H,5-6,8-9,13-14,31-32H2,1-2H3/t17-,18-/m0/s1. The average Bonchev–Trinajstić information content (AvgIpc) is 3.55. The number of methoxy groups -OCH3 is 2. The number of hydrogen-bond acceptors (Lipinski definition) is 10. The van der Waals surface area contributed by atoms with Crippen LogP contribution in [0.3, 0.4) is 0 Å². The molecule has 5 rings (SSSR count). The van der Waals surface area contributed by atoms with Crippen LogP contribution in [0.4, 0.5) is 20.2 Å². The number of anilines is 2. The molecule has 0 unspecified atom stereocenters.